The van der Waals surface area contributed by atoms with Crippen molar-refractivity contribution in [1.82, 2.24) is 0 Å². The number of halogens is 3. The molecule has 31 heavy (non-hydrogen) atoms. The highest BCUT2D eigenvalue weighted by molar-refractivity contribution is 7.89. The van der Waals surface area contributed by atoms with E-state index in [2.05, 4.69) is 0 Å². The normalized spacial score (nSPS) is 14.5. The summed E-state index contributed by atoms with van der Waals surface area (Å²) in [5.41, 5.74) is -1.12. The number of hydrogen-bond acceptors (Lipinski definition) is 6. The molecule has 0 fully saturated rings. The minimum atomic E-state index is -4.73. The molecule has 3 aromatic rings. The SMILES string of the molecule is NS(=O)(=O)c1ccc(Cc2ccc3oc(=O)cc(C(F)(F)F)c3c2)cc1C1=CCOO1. The molecule has 0 unspecified atom stereocenters. The van der Waals surface area contributed by atoms with E-state index >= 15 is 0 Å². The first-order valence-corrected chi connectivity index (χ1v) is 10.4. The van der Waals surface area contributed by atoms with E-state index in [9.17, 15) is 26.4 Å². The predicted molar refractivity (Wildman–Crippen MR) is 103 cm³/mol. The van der Waals surface area contributed by atoms with Crippen LogP contribution >= 0.6 is 0 Å². The first-order valence-electron chi connectivity index (χ1n) is 8.82. The quantitative estimate of drug-likeness (QED) is 0.479. The lowest BCUT2D eigenvalue weighted by atomic mass is 9.99. The van der Waals surface area contributed by atoms with Crippen molar-refractivity contribution < 1.29 is 35.8 Å². The zero-order valence-electron chi connectivity index (χ0n) is 15.6. The van der Waals surface area contributed by atoms with Crippen molar-refractivity contribution in [2.24, 2.45) is 5.14 Å². The number of benzene rings is 2. The molecule has 4 rings (SSSR count). The molecule has 1 aliphatic rings. The van der Waals surface area contributed by atoms with Gasteiger partial charge in [-0.25, -0.2) is 18.4 Å². The molecule has 0 amide bonds. The number of rotatable bonds is 4. The molecule has 0 saturated carbocycles. The van der Waals surface area contributed by atoms with Gasteiger partial charge in [0.1, 0.15) is 12.2 Å². The van der Waals surface area contributed by atoms with Gasteiger partial charge in [0.15, 0.2) is 5.76 Å². The topological polar surface area (TPSA) is 109 Å². The summed E-state index contributed by atoms with van der Waals surface area (Å²) >= 11 is 0. The number of alkyl halides is 3. The van der Waals surface area contributed by atoms with Gasteiger partial charge in [-0.15, -0.1) is 0 Å². The predicted octanol–water partition coefficient (Wildman–Crippen LogP) is 3.35. The summed E-state index contributed by atoms with van der Waals surface area (Å²) in [6.45, 7) is 0.125. The third-order valence-electron chi connectivity index (χ3n) is 4.62. The first-order chi connectivity index (χ1) is 14.5. The maximum Gasteiger partial charge on any atom is 0.417 e. The fourth-order valence-electron chi connectivity index (χ4n) is 3.31. The number of primary sulfonamides is 1. The molecule has 162 valence electrons. The molecule has 7 nitrogen and oxygen atoms in total. The van der Waals surface area contributed by atoms with Gasteiger partial charge in [-0.3, -0.25) is 0 Å². The molecule has 1 aliphatic heterocycles. The monoisotopic (exact) mass is 453 g/mol. The van der Waals surface area contributed by atoms with E-state index in [1.807, 2.05) is 0 Å². The zero-order valence-corrected chi connectivity index (χ0v) is 16.4. The van der Waals surface area contributed by atoms with E-state index < -0.39 is 27.4 Å². The summed E-state index contributed by atoms with van der Waals surface area (Å²) < 4.78 is 68.7. The van der Waals surface area contributed by atoms with Gasteiger partial charge < -0.3 is 9.30 Å². The summed E-state index contributed by atoms with van der Waals surface area (Å²) in [5, 5.41) is 5.02. The van der Waals surface area contributed by atoms with Gasteiger partial charge in [-0.2, -0.15) is 18.1 Å². The lowest BCUT2D eigenvalue weighted by Gasteiger charge is -2.12. The summed E-state index contributed by atoms with van der Waals surface area (Å²) in [6.07, 6.45) is -3.04. The van der Waals surface area contributed by atoms with Crippen LogP contribution in [0.4, 0.5) is 13.2 Å². The Morgan fingerprint density at radius 1 is 1.03 bits per heavy atom. The van der Waals surface area contributed by atoms with Crippen LogP contribution in [0.15, 0.2) is 62.6 Å². The second-order valence-corrected chi connectivity index (χ2v) is 8.33. The number of fused-ring (bicyclic) bond motifs is 1. The van der Waals surface area contributed by atoms with E-state index in [0.717, 1.165) is 0 Å². The standard InChI is InChI=1S/C20H14F3NO6S/c21-20(22,23)15-10-19(25)29-16-3-1-11(8-13(15)16)7-12-2-4-18(31(24,26)27)14(9-12)17-5-6-28-30-17/h1-5,8-10H,6-7H2,(H2,24,26,27). The molecule has 2 N–H and O–H groups in total. The molecule has 1 aromatic heterocycles. The molecule has 0 saturated heterocycles. The third-order valence-corrected chi connectivity index (χ3v) is 5.59. The van der Waals surface area contributed by atoms with Crippen LogP contribution in [-0.4, -0.2) is 15.0 Å². The Hall–Kier alpha value is -3.15. The Bertz CT molecular complexity index is 1380. The largest absolute Gasteiger partial charge is 0.423 e. The molecule has 2 aromatic carbocycles. The van der Waals surface area contributed by atoms with Crippen LogP contribution < -0.4 is 10.8 Å². The summed E-state index contributed by atoms with van der Waals surface area (Å²) in [6, 6.07) is 8.81. The minimum absolute atomic E-state index is 0.125. The highest BCUT2D eigenvalue weighted by Gasteiger charge is 2.34. The van der Waals surface area contributed by atoms with Crippen LogP contribution in [0.1, 0.15) is 22.3 Å². The second kappa shape index (κ2) is 7.52. The number of sulfonamides is 1. The molecule has 0 bridgehead atoms. The van der Waals surface area contributed by atoms with Crippen LogP contribution in [0.2, 0.25) is 0 Å². The Labute approximate surface area is 173 Å². The van der Waals surface area contributed by atoms with E-state index in [1.54, 1.807) is 0 Å². The average Bonchev–Trinajstić information content (AvgIpc) is 3.20. The van der Waals surface area contributed by atoms with Crippen molar-refractivity contribution in [2.45, 2.75) is 17.5 Å². The third kappa shape index (κ3) is 4.33. The van der Waals surface area contributed by atoms with E-state index in [-0.39, 0.29) is 40.2 Å². The zero-order chi connectivity index (χ0) is 22.4. The fourth-order valence-corrected chi connectivity index (χ4v) is 4.04. The molecule has 0 spiro atoms. The van der Waals surface area contributed by atoms with E-state index in [1.165, 1.54) is 42.5 Å². The highest BCUT2D eigenvalue weighted by Crippen LogP contribution is 2.35. The van der Waals surface area contributed by atoms with Crippen LogP contribution in [0.3, 0.4) is 0 Å². The lowest BCUT2D eigenvalue weighted by Crippen LogP contribution is -2.15. The highest BCUT2D eigenvalue weighted by atomic mass is 32.2. The number of nitrogens with two attached hydrogens (primary N) is 1. The van der Waals surface area contributed by atoms with Crippen molar-refractivity contribution in [3.05, 3.63) is 81.2 Å². The average molecular weight is 453 g/mol. The van der Waals surface area contributed by atoms with Gasteiger partial charge >= 0.3 is 11.8 Å². The molecule has 11 heteroatoms. The molecule has 0 atom stereocenters. The van der Waals surface area contributed by atoms with Crippen LogP contribution in [0, 0.1) is 0 Å². The molecule has 0 aliphatic carbocycles. The first kappa shape index (κ1) is 21.1. The van der Waals surface area contributed by atoms with E-state index in [4.69, 9.17) is 19.3 Å². The summed E-state index contributed by atoms with van der Waals surface area (Å²) in [7, 11) is -4.06. The fraction of sp³-hybridized carbons (Fsp3) is 0.150. The van der Waals surface area contributed by atoms with Gasteiger partial charge in [-0.05, 0) is 47.9 Å². The Morgan fingerprint density at radius 3 is 2.39 bits per heavy atom. The van der Waals surface area contributed by atoms with Crippen LogP contribution in [0.5, 0.6) is 0 Å². The van der Waals surface area contributed by atoms with Crippen molar-refractivity contribution in [2.75, 3.05) is 6.61 Å². The van der Waals surface area contributed by atoms with Gasteiger partial charge in [0.2, 0.25) is 10.0 Å². The molecule has 0 radical (unpaired) electrons. The summed E-state index contributed by atoms with van der Waals surface area (Å²) in [5.74, 6) is 0.172. The van der Waals surface area contributed by atoms with Gasteiger partial charge in [0, 0.05) is 17.0 Å². The van der Waals surface area contributed by atoms with Crippen LogP contribution in [-0.2, 0) is 32.4 Å². The molecule has 2 heterocycles. The maximum atomic E-state index is 13.4. The Balaban J connectivity index is 1.78. The van der Waals surface area contributed by atoms with Crippen LogP contribution in [0.25, 0.3) is 16.7 Å². The number of hydrogen-bond donors (Lipinski definition) is 1. The lowest BCUT2D eigenvalue weighted by molar-refractivity contribution is -0.209. The van der Waals surface area contributed by atoms with Gasteiger partial charge in [-0.1, -0.05) is 12.1 Å². The summed E-state index contributed by atoms with van der Waals surface area (Å²) in [4.78, 5) is 21.0. The van der Waals surface area contributed by atoms with Crippen molar-refractivity contribution in [1.29, 1.82) is 0 Å². The van der Waals surface area contributed by atoms with Gasteiger partial charge in [0.25, 0.3) is 0 Å². The van der Waals surface area contributed by atoms with E-state index in [0.29, 0.717) is 17.2 Å². The van der Waals surface area contributed by atoms with Crippen molar-refractivity contribution in [3.63, 3.8) is 0 Å². The second-order valence-electron chi connectivity index (χ2n) is 6.80. The Morgan fingerprint density at radius 2 is 1.74 bits per heavy atom. The molecular formula is C20H14F3NO6S. The Kier molecular flexibility index (Phi) is 5.12. The van der Waals surface area contributed by atoms with Crippen molar-refractivity contribution in [3.8, 4) is 0 Å². The van der Waals surface area contributed by atoms with Gasteiger partial charge in [0.05, 0.1) is 10.5 Å². The van der Waals surface area contributed by atoms with Crippen molar-refractivity contribution >= 4 is 26.8 Å². The smallest absolute Gasteiger partial charge is 0.417 e. The molecular weight excluding hydrogens is 439 g/mol. The maximum absolute atomic E-state index is 13.4. The minimum Gasteiger partial charge on any atom is -0.423 e.